The number of nitrogens with zero attached hydrogens (tertiary/aromatic N) is 6. The molecule has 2 N–H and O–H groups in total. The Morgan fingerprint density at radius 2 is 1.97 bits per heavy atom. The molecule has 3 heterocycles. The summed E-state index contributed by atoms with van der Waals surface area (Å²) >= 11 is 0. The summed E-state index contributed by atoms with van der Waals surface area (Å²) in [6.45, 7) is 5.33. The van der Waals surface area contributed by atoms with Gasteiger partial charge in [-0.3, -0.25) is 4.98 Å². The van der Waals surface area contributed by atoms with Crippen LogP contribution in [0.4, 0.5) is 23.3 Å². The van der Waals surface area contributed by atoms with Crippen molar-refractivity contribution in [3.05, 3.63) is 53.0 Å². The first-order valence-electron chi connectivity index (χ1n) is 11.3. The van der Waals surface area contributed by atoms with Crippen molar-refractivity contribution in [2.75, 3.05) is 37.6 Å². The minimum atomic E-state index is -2.57. The number of nitrogens with one attached hydrogen (secondary N) is 2. The molecule has 0 amide bonds. The Morgan fingerprint density at radius 3 is 2.76 bits per heavy atom. The fourth-order valence-corrected chi connectivity index (χ4v) is 5.55. The zero-order valence-corrected chi connectivity index (χ0v) is 20.4. The van der Waals surface area contributed by atoms with Crippen LogP contribution in [0.1, 0.15) is 41.0 Å². The van der Waals surface area contributed by atoms with Gasteiger partial charge in [0.25, 0.3) is 0 Å². The fourth-order valence-electron chi connectivity index (χ4n) is 4.86. The normalized spacial score (nSPS) is 17.5. The van der Waals surface area contributed by atoms with Crippen LogP contribution in [0, 0.1) is 11.3 Å². The second-order valence-corrected chi connectivity index (χ2v) is 12.6. The molecule has 5 rings (SSSR count). The molecular formula is C24H27N8OP. The fraction of sp³-hybridized carbons (Fsp3) is 0.375. The van der Waals surface area contributed by atoms with E-state index in [-0.39, 0.29) is 5.56 Å². The Balaban J connectivity index is 1.44. The van der Waals surface area contributed by atoms with Gasteiger partial charge in [0, 0.05) is 18.8 Å². The summed E-state index contributed by atoms with van der Waals surface area (Å²) in [5, 5.41) is 15.9. The Labute approximate surface area is 199 Å². The summed E-state index contributed by atoms with van der Waals surface area (Å²) in [6, 6.07) is 6.50. The zero-order valence-electron chi connectivity index (χ0n) is 19.5. The highest BCUT2D eigenvalue weighted by molar-refractivity contribution is 7.69. The summed E-state index contributed by atoms with van der Waals surface area (Å²) in [7, 11) is -0.400. The van der Waals surface area contributed by atoms with E-state index in [0.717, 1.165) is 25.2 Å². The largest absolute Gasteiger partial charge is 0.324 e. The van der Waals surface area contributed by atoms with Gasteiger partial charge in [0.05, 0.1) is 18.6 Å². The average Bonchev–Trinajstić information content (AvgIpc) is 2.79. The SMILES string of the molecule is CN1Cc2cc(Nc3ncc(C#N)c(Nc4cncc(P(C)(C)=O)n4)n3)cc3c2C(CCC3)C1. The van der Waals surface area contributed by atoms with Gasteiger partial charge >= 0.3 is 0 Å². The molecule has 0 spiro atoms. The number of nitriles is 1. The lowest BCUT2D eigenvalue weighted by atomic mass is 9.77. The third-order valence-corrected chi connectivity index (χ3v) is 7.63. The van der Waals surface area contributed by atoms with Crippen molar-refractivity contribution in [2.45, 2.75) is 31.7 Å². The molecule has 34 heavy (non-hydrogen) atoms. The standard InChI is InChI=1S/C24H27N8OP/c1-32-13-16-6-4-5-15-7-19(8-17(14-32)22(15)16)28-24-27-10-18(9-25)23(31-24)30-20-11-26-12-21(29-20)34(2,3)33/h7-8,10-12,16H,4-6,13-14H2,1-3H3,(H2,27,28,29,30,31). The molecule has 1 aliphatic carbocycles. The van der Waals surface area contributed by atoms with E-state index in [2.05, 4.69) is 60.7 Å². The van der Waals surface area contributed by atoms with Crippen LogP contribution in [0.25, 0.3) is 0 Å². The number of benzene rings is 1. The first-order valence-corrected chi connectivity index (χ1v) is 13.9. The quantitative estimate of drug-likeness (QED) is 0.533. The predicted molar refractivity (Wildman–Crippen MR) is 133 cm³/mol. The van der Waals surface area contributed by atoms with Crippen molar-refractivity contribution in [2.24, 2.45) is 0 Å². The molecule has 1 atom stereocenters. The van der Waals surface area contributed by atoms with Crippen LogP contribution >= 0.6 is 7.14 Å². The van der Waals surface area contributed by atoms with Crippen LogP contribution in [0.2, 0.25) is 0 Å². The van der Waals surface area contributed by atoms with E-state index in [1.807, 2.05) is 0 Å². The molecule has 0 radical (unpaired) electrons. The van der Waals surface area contributed by atoms with Gasteiger partial charge in [-0.25, -0.2) is 9.97 Å². The molecule has 1 aliphatic heterocycles. The van der Waals surface area contributed by atoms with Gasteiger partial charge in [0.2, 0.25) is 5.95 Å². The lowest BCUT2D eigenvalue weighted by Gasteiger charge is -2.37. The highest BCUT2D eigenvalue weighted by Gasteiger charge is 2.29. The second kappa shape index (κ2) is 8.79. The average molecular weight is 475 g/mol. The highest BCUT2D eigenvalue weighted by atomic mass is 31.2. The van der Waals surface area contributed by atoms with Gasteiger partial charge in [-0.05, 0) is 74.4 Å². The number of anilines is 4. The molecule has 3 aromatic rings. The lowest BCUT2D eigenvalue weighted by molar-refractivity contribution is 0.266. The molecule has 1 aromatic carbocycles. The topological polar surface area (TPSA) is 120 Å². The maximum absolute atomic E-state index is 12.4. The molecule has 0 saturated carbocycles. The molecule has 174 valence electrons. The molecule has 10 heteroatoms. The van der Waals surface area contributed by atoms with Crippen molar-refractivity contribution in [1.82, 2.24) is 24.8 Å². The second-order valence-electron chi connectivity index (χ2n) is 9.43. The maximum atomic E-state index is 12.4. The molecule has 2 aliphatic rings. The molecule has 0 bridgehead atoms. The Kier molecular flexibility index (Phi) is 5.80. The van der Waals surface area contributed by atoms with E-state index in [9.17, 15) is 9.83 Å². The number of hydrogen-bond acceptors (Lipinski definition) is 9. The Morgan fingerprint density at radius 1 is 1.15 bits per heavy atom. The number of hydrogen-bond donors (Lipinski definition) is 2. The summed E-state index contributed by atoms with van der Waals surface area (Å²) < 4.78 is 12.4. The Bertz CT molecular complexity index is 1350. The van der Waals surface area contributed by atoms with Crippen LogP contribution in [0.3, 0.4) is 0 Å². The van der Waals surface area contributed by atoms with E-state index in [0.29, 0.717) is 28.9 Å². The van der Waals surface area contributed by atoms with Crippen LogP contribution in [-0.4, -0.2) is 51.8 Å². The third-order valence-electron chi connectivity index (χ3n) is 6.32. The van der Waals surface area contributed by atoms with E-state index in [1.165, 1.54) is 48.1 Å². The van der Waals surface area contributed by atoms with Crippen LogP contribution in [-0.2, 0) is 17.5 Å². The predicted octanol–water partition coefficient (Wildman–Crippen LogP) is 3.74. The van der Waals surface area contributed by atoms with Gasteiger partial charge in [0.1, 0.15) is 24.2 Å². The first-order chi connectivity index (χ1) is 16.3. The molecule has 0 fully saturated rings. The molecular weight excluding hydrogens is 447 g/mol. The monoisotopic (exact) mass is 474 g/mol. The van der Waals surface area contributed by atoms with Crippen molar-refractivity contribution in [3.8, 4) is 6.07 Å². The van der Waals surface area contributed by atoms with Gasteiger partial charge in [0.15, 0.2) is 11.6 Å². The lowest BCUT2D eigenvalue weighted by Crippen LogP contribution is -2.33. The maximum Gasteiger partial charge on any atom is 0.229 e. The molecule has 2 aromatic heterocycles. The van der Waals surface area contributed by atoms with Crippen molar-refractivity contribution in [3.63, 3.8) is 0 Å². The summed E-state index contributed by atoms with van der Waals surface area (Å²) in [5.74, 6) is 1.68. The minimum absolute atomic E-state index is 0.277. The third kappa shape index (κ3) is 4.52. The van der Waals surface area contributed by atoms with Crippen molar-refractivity contribution >= 4 is 35.8 Å². The van der Waals surface area contributed by atoms with Gasteiger partial charge < -0.3 is 20.1 Å². The summed E-state index contributed by atoms with van der Waals surface area (Å²) in [5.41, 5.74) is 5.93. The van der Waals surface area contributed by atoms with Crippen LogP contribution in [0.15, 0.2) is 30.7 Å². The molecule has 0 saturated heterocycles. The molecule has 1 unspecified atom stereocenters. The van der Waals surface area contributed by atoms with E-state index < -0.39 is 7.14 Å². The van der Waals surface area contributed by atoms with Gasteiger partial charge in [-0.2, -0.15) is 10.2 Å². The summed E-state index contributed by atoms with van der Waals surface area (Å²) in [6.07, 6.45) is 8.03. The van der Waals surface area contributed by atoms with E-state index in [1.54, 1.807) is 13.3 Å². The Hall–Kier alpha value is -3.34. The van der Waals surface area contributed by atoms with Crippen molar-refractivity contribution in [1.29, 1.82) is 5.26 Å². The number of aryl methyl sites for hydroxylation is 1. The number of aromatic nitrogens is 4. The molecule has 9 nitrogen and oxygen atoms in total. The van der Waals surface area contributed by atoms with Gasteiger partial charge in [-0.15, -0.1) is 0 Å². The first kappa shape index (κ1) is 22.5. The minimum Gasteiger partial charge on any atom is -0.324 e. The van der Waals surface area contributed by atoms with Crippen LogP contribution < -0.4 is 16.1 Å². The van der Waals surface area contributed by atoms with Crippen molar-refractivity contribution < 1.29 is 4.57 Å². The summed E-state index contributed by atoms with van der Waals surface area (Å²) in [4.78, 5) is 19.8. The zero-order chi connectivity index (χ0) is 23.9. The van der Waals surface area contributed by atoms with E-state index >= 15 is 0 Å². The highest BCUT2D eigenvalue weighted by Crippen LogP contribution is 2.40. The van der Waals surface area contributed by atoms with Crippen LogP contribution in [0.5, 0.6) is 0 Å². The number of rotatable bonds is 5. The van der Waals surface area contributed by atoms with E-state index in [4.69, 9.17) is 0 Å². The van der Waals surface area contributed by atoms with Gasteiger partial charge in [-0.1, -0.05) is 0 Å². The smallest absolute Gasteiger partial charge is 0.229 e. The number of likely N-dealkylation sites (N-methyl/N-ethyl adjacent to an activating group) is 1.